The minimum Gasteiger partial charge on any atom is -0.497 e. The van der Waals surface area contributed by atoms with E-state index in [9.17, 15) is 0 Å². The van der Waals surface area contributed by atoms with Crippen LogP contribution in [-0.4, -0.2) is 29.3 Å². The maximum absolute atomic E-state index is 5.88. The maximum Gasteiger partial charge on any atom is 0.122 e. The molecule has 1 unspecified atom stereocenters. The van der Waals surface area contributed by atoms with Gasteiger partial charge in [0.2, 0.25) is 0 Å². The summed E-state index contributed by atoms with van der Waals surface area (Å²) in [6.45, 7) is 3.34. The van der Waals surface area contributed by atoms with Gasteiger partial charge in [0.15, 0.2) is 0 Å². The van der Waals surface area contributed by atoms with Crippen LogP contribution in [0.1, 0.15) is 12.5 Å². The molecular weight excluding hydrogens is 254 g/mol. The van der Waals surface area contributed by atoms with Crippen molar-refractivity contribution in [3.05, 3.63) is 42.5 Å². The Hall–Kier alpha value is -2.01. The lowest BCUT2D eigenvalue weighted by Gasteiger charge is -2.14. The Bertz CT molecular complexity index is 524. The first-order valence-corrected chi connectivity index (χ1v) is 6.70. The molecule has 1 atom stereocenters. The Balaban J connectivity index is 2.01. The van der Waals surface area contributed by atoms with E-state index >= 15 is 0 Å². The smallest absolute Gasteiger partial charge is 0.122 e. The van der Waals surface area contributed by atoms with E-state index in [1.807, 2.05) is 35.9 Å². The summed E-state index contributed by atoms with van der Waals surface area (Å²) in [5.74, 6) is 1.69. The molecule has 1 aromatic carbocycles. The van der Waals surface area contributed by atoms with E-state index in [-0.39, 0.29) is 6.04 Å². The van der Waals surface area contributed by atoms with Gasteiger partial charge in [-0.05, 0) is 37.1 Å². The minimum atomic E-state index is 0.0816. The fraction of sp³-hybridized carbons (Fsp3) is 0.400. The summed E-state index contributed by atoms with van der Waals surface area (Å²) in [5, 5.41) is 0. The molecule has 0 aliphatic heterocycles. The maximum atomic E-state index is 5.88. The van der Waals surface area contributed by atoms with Gasteiger partial charge in [-0.15, -0.1) is 0 Å². The van der Waals surface area contributed by atoms with E-state index in [0.717, 1.165) is 30.0 Å². The topological polar surface area (TPSA) is 62.3 Å². The highest BCUT2D eigenvalue weighted by atomic mass is 16.5. The second kappa shape index (κ2) is 6.96. The zero-order chi connectivity index (χ0) is 14.4. The summed E-state index contributed by atoms with van der Waals surface area (Å²) >= 11 is 0. The molecule has 2 rings (SSSR count). The van der Waals surface area contributed by atoms with Crippen molar-refractivity contribution in [3.63, 3.8) is 0 Å². The van der Waals surface area contributed by atoms with Gasteiger partial charge in [-0.3, -0.25) is 0 Å². The number of nitrogens with zero attached hydrogens (tertiary/aromatic N) is 2. The normalized spacial score (nSPS) is 12.2. The molecule has 1 aromatic heterocycles. The number of rotatable bonds is 7. The zero-order valence-electron chi connectivity index (χ0n) is 12.0. The molecule has 0 aliphatic rings. The lowest BCUT2D eigenvalue weighted by Crippen LogP contribution is -2.18. The highest BCUT2D eigenvalue weighted by Gasteiger charge is 2.08. The summed E-state index contributed by atoms with van der Waals surface area (Å²) < 4.78 is 13.1. The van der Waals surface area contributed by atoms with Crippen LogP contribution in [0.4, 0.5) is 0 Å². The second-order valence-corrected chi connectivity index (χ2v) is 4.80. The predicted molar refractivity (Wildman–Crippen MR) is 78.1 cm³/mol. The number of ether oxygens (including phenoxy) is 2. The van der Waals surface area contributed by atoms with Crippen LogP contribution >= 0.6 is 0 Å². The third kappa shape index (κ3) is 3.99. The van der Waals surface area contributed by atoms with E-state index in [2.05, 4.69) is 4.98 Å². The highest BCUT2D eigenvalue weighted by molar-refractivity contribution is 5.40. The van der Waals surface area contributed by atoms with Crippen LogP contribution in [-0.2, 0) is 13.0 Å². The van der Waals surface area contributed by atoms with Crippen molar-refractivity contribution in [2.45, 2.75) is 25.9 Å². The lowest BCUT2D eigenvalue weighted by atomic mass is 10.1. The van der Waals surface area contributed by atoms with E-state index in [4.69, 9.17) is 15.2 Å². The van der Waals surface area contributed by atoms with Crippen LogP contribution in [0.2, 0.25) is 0 Å². The van der Waals surface area contributed by atoms with Gasteiger partial charge >= 0.3 is 0 Å². The molecular formula is C15H21N3O2. The van der Waals surface area contributed by atoms with Gasteiger partial charge in [0.1, 0.15) is 18.1 Å². The molecule has 0 radical (unpaired) electrons. The first-order chi connectivity index (χ1) is 9.69. The van der Waals surface area contributed by atoms with Crippen molar-refractivity contribution in [1.29, 1.82) is 0 Å². The summed E-state index contributed by atoms with van der Waals surface area (Å²) in [5.41, 5.74) is 6.96. The molecule has 0 spiro atoms. The van der Waals surface area contributed by atoms with E-state index < -0.39 is 0 Å². The van der Waals surface area contributed by atoms with Crippen LogP contribution in [0.3, 0.4) is 0 Å². The number of imidazole rings is 1. The third-order valence-electron chi connectivity index (χ3n) is 2.98. The number of aromatic nitrogens is 2. The number of nitrogens with two attached hydrogens (primary N) is 1. The van der Waals surface area contributed by atoms with Gasteiger partial charge < -0.3 is 19.8 Å². The summed E-state index contributed by atoms with van der Waals surface area (Å²) in [6.07, 6.45) is 6.22. The Morgan fingerprint density at radius 1 is 1.40 bits per heavy atom. The second-order valence-electron chi connectivity index (χ2n) is 4.80. The first kappa shape index (κ1) is 14.4. The standard InChI is InChI=1S/C15H21N3O2/c1-12(16)9-13-10-14(19-2)3-4-15(13)20-8-7-18-6-5-17-11-18/h3-6,10-12H,7-9,16H2,1-2H3. The SMILES string of the molecule is COc1ccc(OCCn2ccnc2)c(CC(C)N)c1. The van der Waals surface area contributed by atoms with Crippen LogP contribution in [0.25, 0.3) is 0 Å². The average molecular weight is 275 g/mol. The van der Waals surface area contributed by atoms with Crippen molar-refractivity contribution in [2.24, 2.45) is 5.73 Å². The predicted octanol–water partition coefficient (Wildman–Crippen LogP) is 1.86. The Morgan fingerprint density at radius 3 is 2.90 bits per heavy atom. The fourth-order valence-electron chi connectivity index (χ4n) is 2.01. The summed E-state index contributed by atoms with van der Waals surface area (Å²) in [7, 11) is 1.66. The van der Waals surface area contributed by atoms with Crippen LogP contribution < -0.4 is 15.2 Å². The van der Waals surface area contributed by atoms with E-state index in [1.165, 1.54) is 0 Å². The van der Waals surface area contributed by atoms with Gasteiger partial charge in [0.05, 0.1) is 20.0 Å². The average Bonchev–Trinajstić information content (AvgIpc) is 2.93. The number of hydrogen-bond donors (Lipinski definition) is 1. The molecule has 0 fully saturated rings. The van der Waals surface area contributed by atoms with Crippen LogP contribution in [0.5, 0.6) is 11.5 Å². The van der Waals surface area contributed by atoms with Crippen molar-refractivity contribution >= 4 is 0 Å². The number of benzene rings is 1. The highest BCUT2D eigenvalue weighted by Crippen LogP contribution is 2.25. The molecule has 2 aromatic rings. The number of hydrogen-bond acceptors (Lipinski definition) is 4. The first-order valence-electron chi connectivity index (χ1n) is 6.70. The molecule has 0 amide bonds. The van der Waals surface area contributed by atoms with Crippen LogP contribution in [0.15, 0.2) is 36.9 Å². The number of methoxy groups -OCH3 is 1. The molecule has 0 aliphatic carbocycles. The van der Waals surface area contributed by atoms with Gasteiger partial charge in [-0.25, -0.2) is 4.98 Å². The third-order valence-corrected chi connectivity index (χ3v) is 2.98. The quantitative estimate of drug-likeness (QED) is 0.838. The largest absolute Gasteiger partial charge is 0.497 e. The monoisotopic (exact) mass is 275 g/mol. The zero-order valence-corrected chi connectivity index (χ0v) is 12.0. The Morgan fingerprint density at radius 2 is 2.25 bits per heavy atom. The van der Waals surface area contributed by atoms with Crippen LogP contribution in [0, 0.1) is 0 Å². The molecule has 0 bridgehead atoms. The Labute approximate surface area is 119 Å². The molecule has 108 valence electrons. The molecule has 20 heavy (non-hydrogen) atoms. The van der Waals surface area contributed by atoms with Gasteiger partial charge in [-0.2, -0.15) is 0 Å². The fourth-order valence-corrected chi connectivity index (χ4v) is 2.01. The van der Waals surface area contributed by atoms with Gasteiger partial charge in [-0.1, -0.05) is 0 Å². The van der Waals surface area contributed by atoms with Gasteiger partial charge in [0, 0.05) is 18.4 Å². The van der Waals surface area contributed by atoms with Crippen molar-refractivity contribution in [3.8, 4) is 11.5 Å². The summed E-state index contributed by atoms with van der Waals surface area (Å²) in [4.78, 5) is 4.00. The molecule has 2 N–H and O–H groups in total. The van der Waals surface area contributed by atoms with Crippen molar-refractivity contribution in [2.75, 3.05) is 13.7 Å². The molecule has 0 saturated carbocycles. The minimum absolute atomic E-state index is 0.0816. The molecule has 0 saturated heterocycles. The van der Waals surface area contributed by atoms with Crippen molar-refractivity contribution in [1.82, 2.24) is 9.55 Å². The molecule has 5 nitrogen and oxygen atoms in total. The van der Waals surface area contributed by atoms with E-state index in [1.54, 1.807) is 19.6 Å². The Kier molecular flexibility index (Phi) is 5.01. The van der Waals surface area contributed by atoms with Crippen molar-refractivity contribution < 1.29 is 9.47 Å². The van der Waals surface area contributed by atoms with Gasteiger partial charge in [0.25, 0.3) is 0 Å². The lowest BCUT2D eigenvalue weighted by molar-refractivity contribution is 0.294. The summed E-state index contributed by atoms with van der Waals surface area (Å²) in [6, 6.07) is 5.90. The van der Waals surface area contributed by atoms with E-state index in [0.29, 0.717) is 6.61 Å². The molecule has 1 heterocycles. The molecule has 5 heteroatoms.